The van der Waals surface area contributed by atoms with E-state index in [0.29, 0.717) is 25.2 Å². The van der Waals surface area contributed by atoms with Gasteiger partial charge >= 0.3 is 0 Å². The summed E-state index contributed by atoms with van der Waals surface area (Å²) >= 11 is 1.65. The number of hydrogen-bond donors (Lipinski definition) is 1. The number of fused-ring (bicyclic) bond motifs is 3. The van der Waals surface area contributed by atoms with Crippen molar-refractivity contribution in [2.45, 2.75) is 57.9 Å². The van der Waals surface area contributed by atoms with Crippen molar-refractivity contribution < 1.29 is 4.79 Å². The maximum atomic E-state index is 12.9. The number of hydrogen-bond acceptors (Lipinski definition) is 5. The van der Waals surface area contributed by atoms with Gasteiger partial charge < -0.3 is 14.8 Å². The molecule has 0 spiro atoms. The molecule has 3 heterocycles. The topological polar surface area (TPSA) is 69.3 Å². The van der Waals surface area contributed by atoms with E-state index in [4.69, 9.17) is 4.98 Å². The average molecular weight is 451 g/mol. The first kappa shape index (κ1) is 21.2. The highest BCUT2D eigenvalue weighted by Crippen LogP contribution is 2.33. The molecule has 0 saturated carbocycles. The highest BCUT2D eigenvalue weighted by Gasteiger charge is 2.21. The van der Waals surface area contributed by atoms with Gasteiger partial charge in [0.2, 0.25) is 5.91 Å². The van der Waals surface area contributed by atoms with Crippen LogP contribution >= 0.6 is 11.3 Å². The summed E-state index contributed by atoms with van der Waals surface area (Å²) < 4.78 is 0. The molecule has 2 aliphatic rings. The summed E-state index contributed by atoms with van der Waals surface area (Å²) in [6.07, 6.45) is 7.59. The van der Waals surface area contributed by atoms with Gasteiger partial charge in [0.25, 0.3) is 5.56 Å². The minimum Gasteiger partial charge on any atom is -0.371 e. The Balaban J connectivity index is 1.26. The predicted molar refractivity (Wildman–Crippen MR) is 130 cm³/mol. The molecule has 1 aromatic carbocycles. The number of benzene rings is 1. The third kappa shape index (κ3) is 4.18. The lowest BCUT2D eigenvalue weighted by molar-refractivity contribution is -0.130. The molecule has 1 saturated heterocycles. The van der Waals surface area contributed by atoms with Gasteiger partial charge in [-0.3, -0.25) is 9.59 Å². The number of carbonyl (C=O) groups excluding carboxylic acids is 1. The number of nitrogens with one attached hydrogen (secondary N) is 1. The zero-order chi connectivity index (χ0) is 22.1. The molecule has 1 aliphatic carbocycles. The third-order valence-corrected chi connectivity index (χ3v) is 7.91. The van der Waals surface area contributed by atoms with Crippen LogP contribution in [0, 0.1) is 0 Å². The van der Waals surface area contributed by atoms with Crippen LogP contribution in [0.1, 0.15) is 53.9 Å². The number of aromatic amines is 1. The summed E-state index contributed by atoms with van der Waals surface area (Å²) in [7, 11) is 1.86. The molecule has 1 fully saturated rings. The summed E-state index contributed by atoms with van der Waals surface area (Å²) in [5, 5.41) is 0.774. The Morgan fingerprint density at radius 2 is 1.94 bits per heavy atom. The first-order chi connectivity index (χ1) is 15.6. The van der Waals surface area contributed by atoms with Crippen LogP contribution in [0.5, 0.6) is 0 Å². The number of nitrogens with zero attached hydrogens (tertiary/aromatic N) is 3. The van der Waals surface area contributed by atoms with E-state index in [9.17, 15) is 9.59 Å². The van der Waals surface area contributed by atoms with Gasteiger partial charge in [0.15, 0.2) is 0 Å². The monoisotopic (exact) mass is 450 g/mol. The Morgan fingerprint density at radius 3 is 2.78 bits per heavy atom. The SMILES string of the molecule is CN(Cc1ccccc1N1CCCC1)C(=O)CCc1nc2sc3c(c2c(=O)[nH]1)CCCC3. The van der Waals surface area contributed by atoms with Gasteiger partial charge in [0.1, 0.15) is 10.7 Å². The number of aryl methyl sites for hydroxylation is 3. The summed E-state index contributed by atoms with van der Waals surface area (Å²) in [6, 6.07) is 8.38. The van der Waals surface area contributed by atoms with E-state index >= 15 is 0 Å². The number of anilines is 1. The van der Waals surface area contributed by atoms with Crippen LogP contribution in [0.15, 0.2) is 29.1 Å². The van der Waals surface area contributed by atoms with E-state index < -0.39 is 0 Å². The number of carbonyl (C=O) groups is 1. The van der Waals surface area contributed by atoms with E-state index in [2.05, 4.69) is 28.1 Å². The Hall–Kier alpha value is -2.67. The molecule has 2 aromatic heterocycles. The van der Waals surface area contributed by atoms with Crippen molar-refractivity contribution in [3.05, 3.63) is 56.4 Å². The first-order valence-electron chi connectivity index (χ1n) is 11.7. The molecule has 3 aromatic rings. The molecule has 1 N–H and O–H groups in total. The van der Waals surface area contributed by atoms with E-state index in [1.165, 1.54) is 41.0 Å². The highest BCUT2D eigenvalue weighted by molar-refractivity contribution is 7.18. The maximum Gasteiger partial charge on any atom is 0.259 e. The normalized spacial score (nSPS) is 15.8. The second kappa shape index (κ2) is 9.06. The molecule has 5 rings (SSSR count). The van der Waals surface area contributed by atoms with Gasteiger partial charge in [-0.15, -0.1) is 11.3 Å². The number of amides is 1. The predicted octanol–water partition coefficient (Wildman–Crippen LogP) is 4.05. The maximum absolute atomic E-state index is 12.9. The van der Waals surface area contributed by atoms with Crippen LogP contribution in [0.2, 0.25) is 0 Å². The Bertz CT molecular complexity index is 1190. The minimum atomic E-state index is -0.0512. The minimum absolute atomic E-state index is 0.0512. The molecule has 6 nitrogen and oxygen atoms in total. The molecule has 1 amide bonds. The van der Waals surface area contributed by atoms with Crippen molar-refractivity contribution in [1.29, 1.82) is 0 Å². The fourth-order valence-electron chi connectivity index (χ4n) is 5.00. The number of aromatic nitrogens is 2. The number of para-hydroxylation sites is 1. The number of rotatable bonds is 6. The average Bonchev–Trinajstić information content (AvgIpc) is 3.45. The van der Waals surface area contributed by atoms with Crippen LogP contribution in [-0.4, -0.2) is 40.9 Å². The number of thiophene rings is 1. The van der Waals surface area contributed by atoms with E-state index in [1.807, 2.05) is 13.1 Å². The smallest absolute Gasteiger partial charge is 0.259 e. The largest absolute Gasteiger partial charge is 0.371 e. The molecule has 0 unspecified atom stereocenters. The van der Waals surface area contributed by atoms with Crippen LogP contribution in [0.3, 0.4) is 0 Å². The van der Waals surface area contributed by atoms with Crippen molar-refractivity contribution in [2.24, 2.45) is 0 Å². The van der Waals surface area contributed by atoms with Gasteiger partial charge in [-0.2, -0.15) is 0 Å². The lowest BCUT2D eigenvalue weighted by Crippen LogP contribution is -2.28. The summed E-state index contributed by atoms with van der Waals surface area (Å²) in [5.74, 6) is 0.676. The third-order valence-electron chi connectivity index (χ3n) is 6.72. The van der Waals surface area contributed by atoms with E-state index in [-0.39, 0.29) is 11.5 Å². The summed E-state index contributed by atoms with van der Waals surface area (Å²) in [6.45, 7) is 2.76. The zero-order valence-corrected chi connectivity index (χ0v) is 19.5. The Kier molecular flexibility index (Phi) is 6.00. The first-order valence-corrected chi connectivity index (χ1v) is 12.5. The fraction of sp³-hybridized carbons (Fsp3) is 0.480. The molecule has 0 atom stereocenters. The highest BCUT2D eigenvalue weighted by atomic mass is 32.1. The van der Waals surface area contributed by atoms with Crippen molar-refractivity contribution in [2.75, 3.05) is 25.0 Å². The molecule has 1 aliphatic heterocycles. The Labute approximate surface area is 192 Å². The molecule has 7 heteroatoms. The van der Waals surface area contributed by atoms with Gasteiger partial charge in [-0.1, -0.05) is 18.2 Å². The molecule has 0 bridgehead atoms. The van der Waals surface area contributed by atoms with E-state index in [0.717, 1.165) is 42.6 Å². The van der Waals surface area contributed by atoms with Crippen LogP contribution < -0.4 is 10.5 Å². The quantitative estimate of drug-likeness (QED) is 0.615. The van der Waals surface area contributed by atoms with Crippen LogP contribution in [0.25, 0.3) is 10.2 Å². The number of H-pyrrole nitrogens is 1. The lowest BCUT2D eigenvalue weighted by atomic mass is 9.97. The molecule has 168 valence electrons. The van der Waals surface area contributed by atoms with Gasteiger partial charge in [0, 0.05) is 50.1 Å². The van der Waals surface area contributed by atoms with Crippen LogP contribution in [-0.2, 0) is 30.6 Å². The van der Waals surface area contributed by atoms with Crippen LogP contribution in [0.4, 0.5) is 5.69 Å². The molecular formula is C25H30N4O2S. The van der Waals surface area contributed by atoms with Crippen molar-refractivity contribution in [1.82, 2.24) is 14.9 Å². The second-order valence-electron chi connectivity index (χ2n) is 8.98. The molecule has 32 heavy (non-hydrogen) atoms. The Morgan fingerprint density at radius 1 is 1.16 bits per heavy atom. The molecule has 0 radical (unpaired) electrons. The lowest BCUT2D eigenvalue weighted by Gasteiger charge is -2.24. The summed E-state index contributed by atoms with van der Waals surface area (Å²) in [4.78, 5) is 39.6. The fourth-order valence-corrected chi connectivity index (χ4v) is 6.28. The summed E-state index contributed by atoms with van der Waals surface area (Å²) in [5.41, 5.74) is 3.57. The van der Waals surface area contributed by atoms with Gasteiger partial charge in [-0.25, -0.2) is 4.98 Å². The molecular weight excluding hydrogens is 420 g/mol. The standard InChI is InChI=1S/C25H30N4O2S/c1-28(16-17-8-2-4-10-19(17)29-14-6-7-15-29)22(30)13-12-21-26-24(31)23-18-9-3-5-11-20(18)32-25(23)27-21/h2,4,8,10H,3,5-7,9,11-16H2,1H3,(H,26,27,31). The second-order valence-corrected chi connectivity index (χ2v) is 10.1. The van der Waals surface area contributed by atoms with Gasteiger partial charge in [0.05, 0.1) is 5.39 Å². The van der Waals surface area contributed by atoms with Gasteiger partial charge in [-0.05, 0) is 55.7 Å². The van der Waals surface area contributed by atoms with Crippen molar-refractivity contribution >= 4 is 33.1 Å². The zero-order valence-electron chi connectivity index (χ0n) is 18.7. The van der Waals surface area contributed by atoms with Crippen molar-refractivity contribution in [3.8, 4) is 0 Å². The van der Waals surface area contributed by atoms with E-state index in [1.54, 1.807) is 16.2 Å². The van der Waals surface area contributed by atoms with Crippen molar-refractivity contribution in [3.63, 3.8) is 0 Å².